The average Bonchev–Trinajstić information content (AvgIpc) is 2.29. The summed E-state index contributed by atoms with van der Waals surface area (Å²) in [5.41, 5.74) is 0. The van der Waals surface area contributed by atoms with Gasteiger partial charge in [-0.25, -0.2) is 0 Å². The molecule has 0 rings (SSSR count). The average molecular weight is 289 g/mol. The van der Waals surface area contributed by atoms with Crippen LogP contribution in [0.3, 0.4) is 0 Å². The van der Waals surface area contributed by atoms with Gasteiger partial charge in [0.05, 0.1) is 0 Å². The maximum atomic E-state index is 11.2. The fraction of sp³-hybridized carbons (Fsp3) is 1.00. The minimum absolute atomic E-state index is 0.297. The van der Waals surface area contributed by atoms with Gasteiger partial charge in [0.25, 0.3) is 0 Å². The molecule has 0 aliphatic heterocycles. The van der Waals surface area contributed by atoms with E-state index in [0.717, 1.165) is 6.42 Å². The molecule has 0 aliphatic carbocycles. The summed E-state index contributed by atoms with van der Waals surface area (Å²) >= 11 is -2.08. The second-order valence-corrected chi connectivity index (χ2v) is 17.2. The fourth-order valence-corrected chi connectivity index (χ4v) is 14.3. The zero-order valence-electron chi connectivity index (χ0n) is 12.3. The molecule has 0 radical (unpaired) electrons. The summed E-state index contributed by atoms with van der Waals surface area (Å²) in [6.07, 6.45) is 3.42. The number of hydrogen-bond acceptors (Lipinski definition) is 1. The fourth-order valence-electron chi connectivity index (χ4n) is 3.28. The number of aliphatic hydroxyl groups is 1. The molecule has 0 aromatic carbocycles. The second kappa shape index (κ2) is 7.05. The molecule has 0 saturated carbocycles. The van der Waals surface area contributed by atoms with Crippen LogP contribution in [-0.2, 0) is 0 Å². The Balaban J connectivity index is 5.11. The van der Waals surface area contributed by atoms with Crippen molar-refractivity contribution in [1.29, 1.82) is 0 Å². The van der Waals surface area contributed by atoms with Crippen molar-refractivity contribution < 1.29 is 5.11 Å². The third-order valence-corrected chi connectivity index (χ3v) is 18.9. The summed E-state index contributed by atoms with van der Waals surface area (Å²) in [5, 5.41) is 15.0. The molecular weight excluding hydrogens is 257 g/mol. The van der Waals surface area contributed by atoms with Crippen LogP contribution in [0.15, 0.2) is 0 Å². The van der Waals surface area contributed by atoms with Crippen molar-refractivity contribution in [2.24, 2.45) is 5.92 Å². The standard InChI is InChI=1S/C14H32GeO/c1-7-11-12-14(16,13(5)6)15(8-2,9-3)10-4/h13,16H,7-12H2,1-6H3. The minimum atomic E-state index is -2.08. The topological polar surface area (TPSA) is 20.2 Å². The summed E-state index contributed by atoms with van der Waals surface area (Å²) < 4.78 is -0.297. The van der Waals surface area contributed by atoms with Gasteiger partial charge in [0.2, 0.25) is 0 Å². The molecule has 0 amide bonds. The first kappa shape index (κ1) is 16.5. The van der Waals surface area contributed by atoms with Crippen molar-refractivity contribution in [3.63, 3.8) is 0 Å². The first-order valence-corrected chi connectivity index (χ1v) is 12.7. The van der Waals surface area contributed by atoms with E-state index in [1.165, 1.54) is 28.6 Å². The van der Waals surface area contributed by atoms with E-state index in [9.17, 15) is 5.11 Å². The van der Waals surface area contributed by atoms with Gasteiger partial charge < -0.3 is 0 Å². The molecule has 98 valence electrons. The monoisotopic (exact) mass is 290 g/mol. The first-order valence-electron chi connectivity index (χ1n) is 7.16. The number of rotatable bonds is 8. The van der Waals surface area contributed by atoms with Crippen LogP contribution in [0.2, 0.25) is 15.8 Å². The van der Waals surface area contributed by atoms with Gasteiger partial charge in [-0.2, -0.15) is 0 Å². The van der Waals surface area contributed by atoms with E-state index in [4.69, 9.17) is 0 Å². The second-order valence-electron chi connectivity index (χ2n) is 5.52. The van der Waals surface area contributed by atoms with Crippen LogP contribution >= 0.6 is 0 Å². The van der Waals surface area contributed by atoms with Crippen molar-refractivity contribution in [2.45, 2.75) is 81.0 Å². The molecule has 1 nitrogen and oxygen atoms in total. The van der Waals surface area contributed by atoms with Gasteiger partial charge in [-0.15, -0.1) is 0 Å². The quantitative estimate of drug-likeness (QED) is 0.647. The summed E-state index contributed by atoms with van der Waals surface area (Å²) in [6.45, 7) is 13.6. The third-order valence-electron chi connectivity index (χ3n) is 4.82. The van der Waals surface area contributed by atoms with Crippen molar-refractivity contribution in [3.05, 3.63) is 0 Å². The predicted molar refractivity (Wildman–Crippen MR) is 76.5 cm³/mol. The van der Waals surface area contributed by atoms with E-state index in [2.05, 4.69) is 41.5 Å². The van der Waals surface area contributed by atoms with E-state index >= 15 is 0 Å². The molecule has 0 aromatic rings. The van der Waals surface area contributed by atoms with Crippen LogP contribution in [0.25, 0.3) is 0 Å². The van der Waals surface area contributed by atoms with E-state index in [1.807, 2.05) is 0 Å². The molecule has 1 unspecified atom stereocenters. The predicted octanol–water partition coefficient (Wildman–Crippen LogP) is 4.61. The van der Waals surface area contributed by atoms with Crippen molar-refractivity contribution in [3.8, 4) is 0 Å². The maximum absolute atomic E-state index is 11.2. The van der Waals surface area contributed by atoms with Crippen molar-refractivity contribution in [2.75, 3.05) is 0 Å². The summed E-state index contributed by atoms with van der Waals surface area (Å²) in [4.78, 5) is 0. The molecule has 2 heteroatoms. The third kappa shape index (κ3) is 3.04. The molecule has 0 saturated heterocycles. The molecular formula is C14H32GeO. The van der Waals surface area contributed by atoms with E-state index in [1.54, 1.807) is 0 Å². The summed E-state index contributed by atoms with van der Waals surface area (Å²) in [5.74, 6) is 0.430. The molecule has 1 N–H and O–H groups in total. The first-order chi connectivity index (χ1) is 7.44. The Morgan fingerprint density at radius 1 is 1.00 bits per heavy atom. The Kier molecular flexibility index (Phi) is 7.27. The van der Waals surface area contributed by atoms with Crippen LogP contribution in [0.4, 0.5) is 0 Å². The van der Waals surface area contributed by atoms with Crippen LogP contribution in [0.5, 0.6) is 0 Å². The van der Waals surface area contributed by atoms with Gasteiger partial charge in [0.15, 0.2) is 0 Å². The number of hydrogen-bond donors (Lipinski definition) is 1. The molecule has 0 aliphatic rings. The molecule has 16 heavy (non-hydrogen) atoms. The van der Waals surface area contributed by atoms with Gasteiger partial charge in [-0.1, -0.05) is 0 Å². The Morgan fingerprint density at radius 2 is 1.44 bits per heavy atom. The Bertz CT molecular complexity index is 179. The van der Waals surface area contributed by atoms with Gasteiger partial charge in [0.1, 0.15) is 0 Å². The molecule has 0 aromatic heterocycles. The summed E-state index contributed by atoms with van der Waals surface area (Å²) in [6, 6.07) is 0. The Labute approximate surface area is 105 Å². The van der Waals surface area contributed by atoms with Crippen LogP contribution in [0.1, 0.15) is 60.8 Å². The molecule has 0 fully saturated rings. The van der Waals surface area contributed by atoms with Gasteiger partial charge >= 0.3 is 105 Å². The van der Waals surface area contributed by atoms with Gasteiger partial charge in [-0.3, -0.25) is 0 Å². The zero-order valence-corrected chi connectivity index (χ0v) is 14.4. The SMILES string of the molecule is CCCC[C](O)(C(C)C)[Ge]([CH2]C)([CH2]C)[CH2]C. The van der Waals surface area contributed by atoms with E-state index in [0.29, 0.717) is 5.92 Å². The normalized spacial score (nSPS) is 16.5. The molecule has 0 heterocycles. The van der Waals surface area contributed by atoms with Crippen molar-refractivity contribution in [1.82, 2.24) is 0 Å². The molecule has 0 bridgehead atoms. The van der Waals surface area contributed by atoms with Crippen LogP contribution in [0, 0.1) is 5.92 Å². The Hall–Kier alpha value is 0.503. The Morgan fingerprint density at radius 3 is 1.69 bits per heavy atom. The zero-order chi connectivity index (χ0) is 12.8. The molecule has 1 atom stereocenters. The van der Waals surface area contributed by atoms with Gasteiger partial charge in [-0.05, 0) is 0 Å². The number of unbranched alkanes of at least 4 members (excludes halogenated alkanes) is 1. The van der Waals surface area contributed by atoms with Crippen LogP contribution in [-0.4, -0.2) is 22.8 Å². The van der Waals surface area contributed by atoms with E-state index < -0.39 is 13.3 Å². The summed E-state index contributed by atoms with van der Waals surface area (Å²) in [7, 11) is 0. The van der Waals surface area contributed by atoms with Gasteiger partial charge in [0, 0.05) is 0 Å². The van der Waals surface area contributed by atoms with Crippen molar-refractivity contribution >= 4 is 13.3 Å². The van der Waals surface area contributed by atoms with E-state index in [-0.39, 0.29) is 4.43 Å². The van der Waals surface area contributed by atoms with Crippen LogP contribution < -0.4 is 0 Å². The molecule has 0 spiro atoms.